The number of carbonyl (C=O) groups is 1. The highest BCUT2D eigenvalue weighted by atomic mass is 35.5. The van der Waals surface area contributed by atoms with Crippen molar-refractivity contribution >= 4 is 23.6 Å². The van der Waals surface area contributed by atoms with Crippen LogP contribution in [0.2, 0.25) is 5.02 Å². The van der Waals surface area contributed by atoms with Crippen LogP contribution in [0.4, 0.5) is 0 Å². The molecule has 1 N–H and O–H groups in total. The highest BCUT2D eigenvalue weighted by Gasteiger charge is 2.29. The van der Waals surface area contributed by atoms with Gasteiger partial charge in [-0.1, -0.05) is 35.9 Å². The number of hydrogen-bond acceptors (Lipinski definition) is 6. The van der Waals surface area contributed by atoms with Gasteiger partial charge >= 0.3 is 5.97 Å². The van der Waals surface area contributed by atoms with E-state index in [1.165, 1.54) is 11.6 Å². The monoisotopic (exact) mass is 507 g/mol. The molecule has 2 aliphatic heterocycles. The summed E-state index contributed by atoms with van der Waals surface area (Å²) in [6.07, 6.45) is 6.78. The van der Waals surface area contributed by atoms with E-state index in [-0.39, 0.29) is 12.1 Å². The highest BCUT2D eigenvalue weighted by molar-refractivity contribution is 6.30. The lowest BCUT2D eigenvalue weighted by atomic mass is 9.88. The van der Waals surface area contributed by atoms with Crippen LogP contribution in [-0.2, 0) is 16.1 Å². The number of aromatic amines is 1. The molecule has 1 fully saturated rings. The van der Waals surface area contributed by atoms with Crippen molar-refractivity contribution in [2.75, 3.05) is 26.3 Å². The molecular formula is C28H30ClN3O4. The molecule has 3 aromatic rings. The molecule has 0 amide bonds. The summed E-state index contributed by atoms with van der Waals surface area (Å²) in [6, 6.07) is 13.9. The molecule has 36 heavy (non-hydrogen) atoms. The van der Waals surface area contributed by atoms with Crippen LogP contribution in [0.15, 0.2) is 54.7 Å². The first-order valence-electron chi connectivity index (χ1n) is 12.4. The number of imidazole rings is 1. The molecule has 0 unspecified atom stereocenters. The second-order valence-electron chi connectivity index (χ2n) is 9.06. The van der Waals surface area contributed by atoms with E-state index in [1.807, 2.05) is 30.3 Å². The smallest absolute Gasteiger partial charge is 0.330 e. The fraction of sp³-hybridized carbons (Fsp3) is 0.357. The molecule has 3 heterocycles. The maximum Gasteiger partial charge on any atom is 0.330 e. The zero-order valence-corrected chi connectivity index (χ0v) is 21.0. The molecule has 0 radical (unpaired) electrons. The lowest BCUT2D eigenvalue weighted by molar-refractivity contribution is -0.137. The van der Waals surface area contributed by atoms with Gasteiger partial charge in [0.25, 0.3) is 0 Å². The average Bonchev–Trinajstić information content (AvgIpc) is 3.35. The van der Waals surface area contributed by atoms with Crippen molar-refractivity contribution in [1.82, 2.24) is 14.9 Å². The largest absolute Gasteiger partial charge is 0.485 e. The van der Waals surface area contributed by atoms with E-state index in [1.54, 1.807) is 19.2 Å². The molecule has 2 aliphatic rings. The van der Waals surface area contributed by atoms with Gasteiger partial charge in [0.15, 0.2) is 17.6 Å². The van der Waals surface area contributed by atoms with E-state index in [9.17, 15) is 4.79 Å². The van der Waals surface area contributed by atoms with Gasteiger partial charge in [-0.25, -0.2) is 9.78 Å². The van der Waals surface area contributed by atoms with E-state index in [2.05, 4.69) is 27.0 Å². The van der Waals surface area contributed by atoms with Gasteiger partial charge in [0.2, 0.25) is 0 Å². The summed E-state index contributed by atoms with van der Waals surface area (Å²) in [4.78, 5) is 21.6. The molecule has 8 heteroatoms. The number of carbonyl (C=O) groups excluding carboxylic acids is 1. The number of halogens is 1. The van der Waals surface area contributed by atoms with E-state index >= 15 is 0 Å². The van der Waals surface area contributed by atoms with Gasteiger partial charge in [-0.2, -0.15) is 0 Å². The van der Waals surface area contributed by atoms with Crippen LogP contribution in [0.1, 0.15) is 54.4 Å². The summed E-state index contributed by atoms with van der Waals surface area (Å²) in [7, 11) is 0. The van der Waals surface area contributed by atoms with Crippen LogP contribution in [-0.4, -0.2) is 47.1 Å². The number of H-pyrrole nitrogens is 1. The third kappa shape index (κ3) is 5.74. The number of nitrogens with zero attached hydrogens (tertiary/aromatic N) is 2. The Bertz CT molecular complexity index is 1220. The summed E-state index contributed by atoms with van der Waals surface area (Å²) in [6.45, 7) is 5.32. The third-order valence-corrected chi connectivity index (χ3v) is 6.89. The molecule has 0 aliphatic carbocycles. The maximum atomic E-state index is 11.5. The van der Waals surface area contributed by atoms with Crippen LogP contribution >= 0.6 is 11.6 Å². The number of rotatable bonds is 7. The molecule has 7 nitrogen and oxygen atoms in total. The summed E-state index contributed by atoms with van der Waals surface area (Å²) < 4.78 is 17.5. The fourth-order valence-electron chi connectivity index (χ4n) is 4.80. The predicted molar refractivity (Wildman–Crippen MR) is 138 cm³/mol. The minimum atomic E-state index is -0.353. The quantitative estimate of drug-likeness (QED) is 0.334. The van der Waals surface area contributed by atoms with Crippen LogP contribution in [0.5, 0.6) is 11.5 Å². The van der Waals surface area contributed by atoms with Crippen LogP contribution in [0.25, 0.3) is 6.08 Å². The van der Waals surface area contributed by atoms with Gasteiger partial charge < -0.3 is 19.2 Å². The molecule has 1 aromatic heterocycles. The summed E-state index contributed by atoms with van der Waals surface area (Å²) in [5, 5.41) is 0.711. The standard InChI is InChI=1S/C28H30ClN3O4/c1-2-34-27(33)11-10-22-16-30-26(31-22)17-32-14-12-19(13-15-32)23-4-3-5-24-28(23)35-18-25(36-24)20-6-8-21(29)9-7-20/h3-11,16,19,25H,2,12-15,17-18H2,1H3,(H,30,31)/b11-10+/t25-/m0/s1. The Morgan fingerprint density at radius 2 is 2.03 bits per heavy atom. The number of nitrogens with one attached hydrogen (secondary N) is 1. The number of aromatic nitrogens is 2. The third-order valence-electron chi connectivity index (χ3n) is 6.63. The Kier molecular flexibility index (Phi) is 7.58. The summed E-state index contributed by atoms with van der Waals surface area (Å²) in [5.74, 6) is 2.64. The normalized spacial score (nSPS) is 18.4. The molecule has 2 aromatic carbocycles. The molecule has 0 saturated carbocycles. The lowest BCUT2D eigenvalue weighted by Gasteiger charge is -2.34. The number of piperidine rings is 1. The minimum absolute atomic E-state index is 0.141. The Hall–Kier alpha value is -3.29. The van der Waals surface area contributed by atoms with Crippen LogP contribution in [0.3, 0.4) is 0 Å². The Morgan fingerprint density at radius 3 is 2.81 bits per heavy atom. The number of hydrogen-bond donors (Lipinski definition) is 1. The van der Waals surface area contributed by atoms with E-state index in [4.69, 9.17) is 25.8 Å². The SMILES string of the molecule is CCOC(=O)/C=C/c1cnc(CN2CCC(c3cccc4c3OC[C@@H](c3ccc(Cl)cc3)O4)CC2)[nH]1. The lowest BCUT2D eigenvalue weighted by Crippen LogP contribution is -2.33. The molecule has 0 bridgehead atoms. The number of fused-ring (bicyclic) bond motifs is 1. The van der Waals surface area contributed by atoms with Crippen molar-refractivity contribution in [2.24, 2.45) is 0 Å². The first-order chi connectivity index (χ1) is 17.6. The number of benzene rings is 2. The van der Waals surface area contributed by atoms with Crippen molar-refractivity contribution in [1.29, 1.82) is 0 Å². The van der Waals surface area contributed by atoms with Crippen molar-refractivity contribution in [3.63, 3.8) is 0 Å². The maximum absolute atomic E-state index is 11.5. The number of ether oxygens (including phenoxy) is 3. The molecule has 1 atom stereocenters. The topological polar surface area (TPSA) is 76.7 Å². The van der Waals surface area contributed by atoms with Crippen molar-refractivity contribution < 1.29 is 19.0 Å². The predicted octanol–water partition coefficient (Wildman–Crippen LogP) is 5.53. The fourth-order valence-corrected chi connectivity index (χ4v) is 4.92. The molecule has 5 rings (SSSR count). The minimum Gasteiger partial charge on any atom is -0.485 e. The summed E-state index contributed by atoms with van der Waals surface area (Å²) in [5.41, 5.74) is 3.07. The first kappa shape index (κ1) is 24.4. The van der Waals surface area contributed by atoms with Crippen LogP contribution < -0.4 is 9.47 Å². The highest BCUT2D eigenvalue weighted by Crippen LogP contribution is 2.44. The molecule has 0 spiro atoms. The summed E-state index contributed by atoms with van der Waals surface area (Å²) >= 11 is 6.03. The van der Waals surface area contributed by atoms with E-state index in [0.717, 1.165) is 61.1 Å². The Balaban J connectivity index is 1.17. The van der Waals surface area contributed by atoms with Crippen molar-refractivity contribution in [3.8, 4) is 11.5 Å². The van der Waals surface area contributed by atoms with Gasteiger partial charge in [-0.15, -0.1) is 0 Å². The van der Waals surface area contributed by atoms with Gasteiger partial charge in [-0.3, -0.25) is 4.90 Å². The Morgan fingerprint density at radius 1 is 1.22 bits per heavy atom. The number of para-hydroxylation sites is 1. The number of likely N-dealkylation sites (tertiary alicyclic amines) is 1. The number of esters is 1. The second-order valence-corrected chi connectivity index (χ2v) is 9.50. The molecule has 188 valence electrons. The Labute approximate surface area is 216 Å². The van der Waals surface area contributed by atoms with E-state index in [0.29, 0.717) is 24.2 Å². The zero-order valence-electron chi connectivity index (χ0n) is 20.3. The molecule has 1 saturated heterocycles. The van der Waals surface area contributed by atoms with Gasteiger partial charge in [-0.05, 0) is 68.6 Å². The van der Waals surface area contributed by atoms with Gasteiger partial charge in [0.1, 0.15) is 12.4 Å². The first-order valence-corrected chi connectivity index (χ1v) is 12.8. The molecular weight excluding hydrogens is 478 g/mol. The van der Waals surface area contributed by atoms with Crippen LogP contribution in [0, 0.1) is 0 Å². The average molecular weight is 508 g/mol. The van der Waals surface area contributed by atoms with Crippen molar-refractivity contribution in [2.45, 2.75) is 38.3 Å². The van der Waals surface area contributed by atoms with E-state index < -0.39 is 0 Å². The zero-order chi connectivity index (χ0) is 24.9. The van der Waals surface area contributed by atoms with Gasteiger partial charge in [0, 0.05) is 16.7 Å². The second kappa shape index (κ2) is 11.2. The van der Waals surface area contributed by atoms with Crippen molar-refractivity contribution in [3.05, 3.63) is 82.4 Å². The van der Waals surface area contributed by atoms with Gasteiger partial charge in [0.05, 0.1) is 25.0 Å².